The van der Waals surface area contributed by atoms with E-state index in [1.54, 1.807) is 0 Å². The molecule has 0 saturated carbocycles. The maximum atomic E-state index is 11.8. The van der Waals surface area contributed by atoms with Gasteiger partial charge in [0.05, 0.1) is 6.07 Å². The van der Waals surface area contributed by atoms with Crippen LogP contribution in [0.1, 0.15) is 22.3 Å². The highest BCUT2D eigenvalue weighted by Gasteiger charge is 2.06. The molecule has 2 aromatic carbocycles. The van der Waals surface area contributed by atoms with Gasteiger partial charge in [0.25, 0.3) is 0 Å². The van der Waals surface area contributed by atoms with Crippen LogP contribution in [-0.4, -0.2) is 16.9 Å². The quantitative estimate of drug-likeness (QED) is 0.867. The minimum absolute atomic E-state index is 0.0752. The summed E-state index contributed by atoms with van der Waals surface area (Å²) in [5, 5.41) is 15.3. The monoisotopic (exact) mass is 267 g/mol. The topological polar surface area (TPSA) is 78.2 Å². The molecule has 4 heteroatoms. The Bertz CT molecular complexity index is 559. The van der Waals surface area contributed by atoms with Gasteiger partial charge in [0.1, 0.15) is 6.42 Å². The first-order valence-electron chi connectivity index (χ1n) is 5.88. The second-order valence-electron chi connectivity index (χ2n) is 3.79. The zero-order valence-corrected chi connectivity index (χ0v) is 10.7. The van der Waals surface area contributed by atoms with E-state index < -0.39 is 12.4 Å². The summed E-state index contributed by atoms with van der Waals surface area (Å²) >= 11 is 0. The molecule has 0 bridgehead atoms. The van der Waals surface area contributed by atoms with Crippen LogP contribution in [0.25, 0.3) is 0 Å². The molecule has 2 aromatic rings. The van der Waals surface area contributed by atoms with Crippen LogP contribution in [0.5, 0.6) is 0 Å². The molecule has 0 amide bonds. The minimum Gasteiger partial charge on any atom is -0.480 e. The predicted octanol–water partition coefficient (Wildman–Crippen LogP) is 2.90. The van der Waals surface area contributed by atoms with E-state index in [0.29, 0.717) is 0 Å². The van der Waals surface area contributed by atoms with Gasteiger partial charge in [-0.05, 0) is 0 Å². The summed E-state index contributed by atoms with van der Waals surface area (Å²) < 4.78 is 0. The molecule has 0 atom stereocenters. The third kappa shape index (κ3) is 5.15. The Morgan fingerprint density at radius 3 is 1.55 bits per heavy atom. The fraction of sp³-hybridized carbons (Fsp3) is 0.0625. The summed E-state index contributed by atoms with van der Waals surface area (Å²) in [5.74, 6) is -0.997. The molecule has 0 spiro atoms. The number of nitriles is 1. The molecule has 0 aliphatic rings. The van der Waals surface area contributed by atoms with Crippen molar-refractivity contribution in [3.8, 4) is 6.07 Å². The maximum absolute atomic E-state index is 11.8. The van der Waals surface area contributed by atoms with Crippen molar-refractivity contribution in [3.63, 3.8) is 0 Å². The van der Waals surface area contributed by atoms with E-state index in [1.165, 1.54) is 6.07 Å². The lowest BCUT2D eigenvalue weighted by atomic mass is 10.0. The molecule has 0 aromatic heterocycles. The van der Waals surface area contributed by atoms with Crippen molar-refractivity contribution in [1.82, 2.24) is 0 Å². The minimum atomic E-state index is -1.07. The molecular weight excluding hydrogens is 254 g/mol. The average molecular weight is 267 g/mol. The van der Waals surface area contributed by atoms with E-state index in [0.717, 1.165) is 11.1 Å². The molecule has 0 heterocycles. The van der Waals surface area contributed by atoms with Gasteiger partial charge in [-0.1, -0.05) is 60.7 Å². The van der Waals surface area contributed by atoms with E-state index >= 15 is 0 Å². The van der Waals surface area contributed by atoms with E-state index in [2.05, 4.69) is 0 Å². The average Bonchev–Trinajstić information content (AvgIpc) is 2.49. The molecule has 1 N–H and O–H groups in total. The van der Waals surface area contributed by atoms with Crippen molar-refractivity contribution < 1.29 is 14.7 Å². The van der Waals surface area contributed by atoms with E-state index in [1.807, 2.05) is 60.7 Å². The van der Waals surface area contributed by atoms with Gasteiger partial charge in [-0.25, -0.2) is 0 Å². The predicted molar refractivity (Wildman–Crippen MR) is 74.2 cm³/mol. The number of rotatable bonds is 3. The lowest BCUT2D eigenvalue weighted by molar-refractivity contribution is -0.135. The van der Waals surface area contributed by atoms with Crippen molar-refractivity contribution in [1.29, 1.82) is 5.26 Å². The molecule has 20 heavy (non-hydrogen) atoms. The number of carboxylic acid groups (broad SMARTS) is 1. The van der Waals surface area contributed by atoms with Gasteiger partial charge in [-0.3, -0.25) is 9.59 Å². The molecule has 100 valence electrons. The molecule has 0 unspecified atom stereocenters. The summed E-state index contributed by atoms with van der Waals surface area (Å²) in [7, 11) is 0. The zero-order valence-electron chi connectivity index (χ0n) is 10.7. The number of hydrogen-bond donors (Lipinski definition) is 1. The van der Waals surface area contributed by atoms with Crippen molar-refractivity contribution in [2.45, 2.75) is 6.42 Å². The Hall–Kier alpha value is -2.93. The van der Waals surface area contributed by atoms with Gasteiger partial charge >= 0.3 is 5.97 Å². The second kappa shape index (κ2) is 8.22. The van der Waals surface area contributed by atoms with Crippen molar-refractivity contribution in [2.24, 2.45) is 0 Å². The first-order chi connectivity index (χ1) is 9.65. The second-order valence-corrected chi connectivity index (χ2v) is 3.79. The molecule has 0 aliphatic heterocycles. The normalized spacial score (nSPS) is 8.75. The number of benzene rings is 2. The lowest BCUT2D eigenvalue weighted by Gasteiger charge is -1.99. The molecule has 0 radical (unpaired) electrons. The third-order valence-electron chi connectivity index (χ3n) is 2.30. The lowest BCUT2D eigenvalue weighted by Crippen LogP contribution is -1.99. The maximum Gasteiger partial charge on any atom is 0.317 e. The van der Waals surface area contributed by atoms with Crippen LogP contribution in [0, 0.1) is 11.3 Å². The van der Waals surface area contributed by atoms with Gasteiger partial charge < -0.3 is 5.11 Å². The van der Waals surface area contributed by atoms with Crippen LogP contribution in [0.3, 0.4) is 0 Å². The van der Waals surface area contributed by atoms with Crippen LogP contribution in [0.15, 0.2) is 60.7 Å². The van der Waals surface area contributed by atoms with Crippen molar-refractivity contribution in [2.75, 3.05) is 0 Å². The highest BCUT2D eigenvalue weighted by atomic mass is 16.4. The van der Waals surface area contributed by atoms with Crippen LogP contribution in [0.4, 0.5) is 0 Å². The summed E-state index contributed by atoms with van der Waals surface area (Å²) in [4.78, 5) is 21.2. The first kappa shape index (κ1) is 15.1. The fourth-order valence-electron chi connectivity index (χ4n) is 1.41. The molecule has 0 saturated heterocycles. The number of aliphatic carboxylic acids is 1. The Kier molecular flexibility index (Phi) is 6.22. The van der Waals surface area contributed by atoms with E-state index in [4.69, 9.17) is 10.4 Å². The third-order valence-corrected chi connectivity index (χ3v) is 2.30. The number of nitrogens with zero attached hydrogens (tertiary/aromatic N) is 1. The number of carboxylic acids is 1. The molecule has 0 fully saturated rings. The zero-order chi connectivity index (χ0) is 14.8. The van der Waals surface area contributed by atoms with Gasteiger partial charge in [-0.2, -0.15) is 5.26 Å². The Labute approximate surface area is 116 Å². The Morgan fingerprint density at radius 1 is 0.900 bits per heavy atom. The van der Waals surface area contributed by atoms with Crippen LogP contribution in [-0.2, 0) is 4.79 Å². The molecule has 2 rings (SSSR count). The molecule has 4 nitrogen and oxygen atoms in total. The number of carbonyl (C=O) groups is 2. The van der Waals surface area contributed by atoms with Gasteiger partial charge in [0.2, 0.25) is 0 Å². The van der Waals surface area contributed by atoms with Crippen LogP contribution in [0.2, 0.25) is 0 Å². The van der Waals surface area contributed by atoms with E-state index in [-0.39, 0.29) is 5.78 Å². The van der Waals surface area contributed by atoms with Gasteiger partial charge in [0, 0.05) is 11.1 Å². The fourth-order valence-corrected chi connectivity index (χ4v) is 1.41. The van der Waals surface area contributed by atoms with Crippen LogP contribution >= 0.6 is 0 Å². The highest BCUT2D eigenvalue weighted by molar-refractivity contribution is 6.08. The Balaban J connectivity index is 0.000000286. The summed E-state index contributed by atoms with van der Waals surface area (Å²) in [6.45, 7) is 0. The number of hydrogen-bond acceptors (Lipinski definition) is 3. The highest BCUT2D eigenvalue weighted by Crippen LogP contribution is 2.08. The number of carbonyl (C=O) groups excluding carboxylic acids is 1. The standard InChI is InChI=1S/C13H10O.C3H3NO2/c14-13(11-7-3-1-4-8-11)12-9-5-2-6-10-12;4-2-1-3(5)6/h1-10H;1H2,(H,5,6). The van der Waals surface area contributed by atoms with Crippen molar-refractivity contribution in [3.05, 3.63) is 71.8 Å². The van der Waals surface area contributed by atoms with Crippen LogP contribution < -0.4 is 0 Å². The summed E-state index contributed by atoms with van der Waals surface area (Å²) in [6.07, 6.45) is -0.403. The molecule has 0 aliphatic carbocycles. The summed E-state index contributed by atoms with van der Waals surface area (Å²) in [5.41, 5.74) is 1.47. The largest absolute Gasteiger partial charge is 0.480 e. The Morgan fingerprint density at radius 2 is 1.30 bits per heavy atom. The number of ketones is 1. The van der Waals surface area contributed by atoms with Crippen molar-refractivity contribution >= 4 is 11.8 Å². The first-order valence-corrected chi connectivity index (χ1v) is 5.88. The summed E-state index contributed by atoms with van der Waals surface area (Å²) in [6, 6.07) is 20.1. The van der Waals surface area contributed by atoms with Gasteiger partial charge in [0.15, 0.2) is 5.78 Å². The molecular formula is C16H13NO3. The van der Waals surface area contributed by atoms with E-state index in [9.17, 15) is 9.59 Å². The smallest absolute Gasteiger partial charge is 0.317 e. The van der Waals surface area contributed by atoms with Gasteiger partial charge in [-0.15, -0.1) is 0 Å². The SMILES string of the molecule is N#CCC(=O)O.O=C(c1ccccc1)c1ccccc1.